The van der Waals surface area contributed by atoms with Crippen molar-refractivity contribution in [3.05, 3.63) is 69.7 Å². The summed E-state index contributed by atoms with van der Waals surface area (Å²) >= 11 is 13.7. The molecule has 2 aromatic rings. The first-order valence-corrected chi connectivity index (χ1v) is 11.4. The van der Waals surface area contributed by atoms with Gasteiger partial charge in [-0.05, 0) is 49.3 Å². The Hall–Kier alpha value is -1.82. The van der Waals surface area contributed by atoms with Gasteiger partial charge in [0.15, 0.2) is 5.17 Å². The van der Waals surface area contributed by atoms with Crippen molar-refractivity contribution in [3.8, 4) is 0 Å². The third kappa shape index (κ3) is 5.62. The fourth-order valence-corrected chi connectivity index (χ4v) is 4.09. The number of nitrogens with zero attached hydrogens (tertiary/aromatic N) is 2. The van der Waals surface area contributed by atoms with Crippen LogP contribution < -0.4 is 5.32 Å². The summed E-state index contributed by atoms with van der Waals surface area (Å²) in [7, 11) is 0. The molecule has 4 nitrogen and oxygen atoms in total. The monoisotopic (exact) mass is 447 g/mol. The molecule has 1 heterocycles. The quantitative estimate of drug-likeness (QED) is 0.586. The number of aliphatic imine (C=N–C) groups is 2. The fraction of sp³-hybridized carbons (Fsp3) is 0.318. The smallest absolute Gasteiger partial charge is 0.231 e. The van der Waals surface area contributed by atoms with Gasteiger partial charge in [0.2, 0.25) is 5.91 Å². The Morgan fingerprint density at radius 2 is 1.90 bits per heavy atom. The van der Waals surface area contributed by atoms with Gasteiger partial charge < -0.3 is 5.32 Å². The number of thioether (sulfide) groups is 1. The van der Waals surface area contributed by atoms with Crippen LogP contribution in [0, 0.1) is 5.92 Å². The summed E-state index contributed by atoms with van der Waals surface area (Å²) in [6.07, 6.45) is 3.71. The van der Waals surface area contributed by atoms with Crippen LogP contribution in [0.5, 0.6) is 0 Å². The minimum atomic E-state index is -0.472. The number of rotatable bonds is 6. The topological polar surface area (TPSA) is 53.8 Å². The van der Waals surface area contributed by atoms with E-state index in [0.29, 0.717) is 21.8 Å². The molecule has 0 saturated heterocycles. The lowest BCUT2D eigenvalue weighted by Crippen LogP contribution is -2.40. The van der Waals surface area contributed by atoms with Crippen LogP contribution in [-0.2, 0) is 11.2 Å². The zero-order valence-electron chi connectivity index (χ0n) is 16.4. The van der Waals surface area contributed by atoms with Crippen LogP contribution in [0.1, 0.15) is 30.5 Å². The number of aryl methyl sites for hydroxylation is 1. The minimum Gasteiger partial charge on any atom is -0.355 e. The van der Waals surface area contributed by atoms with E-state index in [9.17, 15) is 4.79 Å². The van der Waals surface area contributed by atoms with E-state index in [2.05, 4.69) is 22.4 Å². The molecule has 2 atom stereocenters. The number of carbonyl (C=O) groups excluding carboxylic acids is 1. The Morgan fingerprint density at radius 3 is 2.59 bits per heavy atom. The van der Waals surface area contributed by atoms with Crippen LogP contribution in [0.15, 0.2) is 58.5 Å². The average molecular weight is 448 g/mol. The molecule has 1 aliphatic heterocycles. The maximum atomic E-state index is 13.0. The highest BCUT2D eigenvalue weighted by Gasteiger charge is 2.35. The summed E-state index contributed by atoms with van der Waals surface area (Å²) in [5, 5.41) is 4.65. The minimum absolute atomic E-state index is 0.0701. The van der Waals surface area contributed by atoms with Crippen molar-refractivity contribution in [3.63, 3.8) is 0 Å². The molecular formula is C22H23Cl2N3OS. The maximum Gasteiger partial charge on any atom is 0.231 e. The van der Waals surface area contributed by atoms with E-state index in [1.807, 2.05) is 37.4 Å². The van der Waals surface area contributed by atoms with Crippen molar-refractivity contribution >= 4 is 51.8 Å². The van der Waals surface area contributed by atoms with Gasteiger partial charge in [-0.3, -0.25) is 9.79 Å². The summed E-state index contributed by atoms with van der Waals surface area (Å²) in [5.41, 5.74) is 2.87. The van der Waals surface area contributed by atoms with Crippen molar-refractivity contribution in [1.29, 1.82) is 0 Å². The summed E-state index contributed by atoms with van der Waals surface area (Å²) in [6, 6.07) is 15.3. The normalized spacial score (nSPS) is 18.8. The molecule has 1 amide bonds. The Morgan fingerprint density at radius 1 is 1.14 bits per heavy atom. The second-order valence-electron chi connectivity index (χ2n) is 6.85. The molecule has 0 fully saturated rings. The zero-order chi connectivity index (χ0) is 20.8. The van der Waals surface area contributed by atoms with E-state index in [1.165, 1.54) is 17.3 Å². The van der Waals surface area contributed by atoms with Crippen molar-refractivity contribution in [2.75, 3.05) is 12.8 Å². The number of benzene rings is 2. The molecule has 0 saturated carbocycles. The summed E-state index contributed by atoms with van der Waals surface area (Å²) in [6.45, 7) is 2.48. The van der Waals surface area contributed by atoms with Gasteiger partial charge in [0, 0.05) is 12.3 Å². The molecule has 152 valence electrons. The fourth-order valence-electron chi connectivity index (χ4n) is 3.32. The van der Waals surface area contributed by atoms with Crippen LogP contribution in [-0.4, -0.2) is 29.6 Å². The number of carbonyl (C=O) groups is 1. The Balaban J connectivity index is 1.71. The molecule has 0 aromatic heterocycles. The largest absolute Gasteiger partial charge is 0.355 e. The molecule has 2 aromatic carbocycles. The van der Waals surface area contributed by atoms with E-state index in [4.69, 9.17) is 28.2 Å². The SMILES string of the molecule is CSC1=NC(c2ccc(Cl)c(Cl)c2)C(C(=O)NCCCc2ccccc2)C(C)=N1. The molecule has 0 aliphatic carbocycles. The van der Waals surface area contributed by atoms with Gasteiger partial charge in [-0.1, -0.05) is 71.4 Å². The van der Waals surface area contributed by atoms with Gasteiger partial charge in [0.1, 0.15) is 5.92 Å². The van der Waals surface area contributed by atoms with Gasteiger partial charge in [0.05, 0.1) is 16.1 Å². The van der Waals surface area contributed by atoms with Gasteiger partial charge in [-0.25, -0.2) is 4.99 Å². The number of amidine groups is 1. The van der Waals surface area contributed by atoms with Crippen LogP contribution in [0.25, 0.3) is 0 Å². The number of nitrogens with one attached hydrogen (secondary N) is 1. The molecule has 29 heavy (non-hydrogen) atoms. The van der Waals surface area contributed by atoms with Crippen molar-refractivity contribution in [2.45, 2.75) is 25.8 Å². The lowest BCUT2D eigenvalue weighted by atomic mass is 9.88. The lowest BCUT2D eigenvalue weighted by Gasteiger charge is -2.27. The van der Waals surface area contributed by atoms with E-state index in [-0.39, 0.29) is 11.9 Å². The molecule has 0 spiro atoms. The van der Waals surface area contributed by atoms with E-state index < -0.39 is 5.92 Å². The van der Waals surface area contributed by atoms with Crippen LogP contribution in [0.4, 0.5) is 0 Å². The highest BCUT2D eigenvalue weighted by molar-refractivity contribution is 8.13. The average Bonchev–Trinajstić information content (AvgIpc) is 2.73. The van der Waals surface area contributed by atoms with Gasteiger partial charge in [-0.15, -0.1) is 0 Å². The zero-order valence-corrected chi connectivity index (χ0v) is 18.7. The maximum absolute atomic E-state index is 13.0. The Bertz CT molecular complexity index is 931. The molecule has 0 bridgehead atoms. The van der Waals surface area contributed by atoms with Gasteiger partial charge in [-0.2, -0.15) is 0 Å². The van der Waals surface area contributed by atoms with Crippen LogP contribution in [0.2, 0.25) is 10.0 Å². The molecular weight excluding hydrogens is 425 g/mol. The number of halogens is 2. The number of hydrogen-bond donors (Lipinski definition) is 1. The first-order chi connectivity index (χ1) is 14.0. The molecule has 1 aliphatic rings. The number of hydrogen-bond acceptors (Lipinski definition) is 4. The van der Waals surface area contributed by atoms with Crippen molar-refractivity contribution < 1.29 is 4.79 Å². The van der Waals surface area contributed by atoms with E-state index in [0.717, 1.165) is 24.1 Å². The van der Waals surface area contributed by atoms with Crippen molar-refractivity contribution in [1.82, 2.24) is 5.32 Å². The standard InChI is InChI=1S/C22H23Cl2N3OS/c1-14-19(21(28)25-12-6-9-15-7-4-3-5-8-15)20(27-22(26-14)29-2)16-10-11-17(23)18(24)13-16/h3-5,7-8,10-11,13,19-20H,6,9,12H2,1-2H3,(H,25,28). The van der Waals surface area contributed by atoms with E-state index in [1.54, 1.807) is 12.1 Å². The van der Waals surface area contributed by atoms with Crippen LogP contribution >= 0.6 is 35.0 Å². The third-order valence-corrected chi connectivity index (χ3v) is 6.12. The Kier molecular flexibility index (Phi) is 7.76. The highest BCUT2D eigenvalue weighted by atomic mass is 35.5. The number of amides is 1. The Labute approximate surface area is 185 Å². The second kappa shape index (κ2) is 10.3. The predicted octanol–water partition coefficient (Wildman–Crippen LogP) is 5.59. The lowest BCUT2D eigenvalue weighted by molar-refractivity contribution is -0.123. The van der Waals surface area contributed by atoms with E-state index >= 15 is 0 Å². The molecule has 7 heteroatoms. The third-order valence-electron chi connectivity index (χ3n) is 4.82. The highest BCUT2D eigenvalue weighted by Crippen LogP contribution is 2.35. The van der Waals surface area contributed by atoms with Crippen molar-refractivity contribution in [2.24, 2.45) is 15.9 Å². The second-order valence-corrected chi connectivity index (χ2v) is 8.43. The van der Waals surface area contributed by atoms with Gasteiger partial charge >= 0.3 is 0 Å². The first-order valence-electron chi connectivity index (χ1n) is 9.43. The first kappa shape index (κ1) is 21.9. The summed E-state index contributed by atoms with van der Waals surface area (Å²) < 4.78 is 0. The van der Waals surface area contributed by atoms with Crippen LogP contribution in [0.3, 0.4) is 0 Å². The van der Waals surface area contributed by atoms with Gasteiger partial charge in [0.25, 0.3) is 0 Å². The molecule has 3 rings (SSSR count). The molecule has 0 radical (unpaired) electrons. The summed E-state index contributed by atoms with van der Waals surface area (Å²) in [4.78, 5) is 22.2. The molecule has 2 unspecified atom stereocenters. The molecule has 1 N–H and O–H groups in total. The summed E-state index contributed by atoms with van der Waals surface area (Å²) in [5.74, 6) is -0.542. The predicted molar refractivity (Wildman–Crippen MR) is 125 cm³/mol.